The van der Waals surface area contributed by atoms with Gasteiger partial charge in [-0.15, -0.1) is 6.58 Å². The van der Waals surface area contributed by atoms with Crippen molar-refractivity contribution in [2.45, 2.75) is 38.8 Å². The molecule has 1 aromatic heterocycles. The topological polar surface area (TPSA) is 46.9 Å². The molecule has 1 aliphatic rings. The average Bonchev–Trinajstić information content (AvgIpc) is 3.08. The third kappa shape index (κ3) is 2.75. The number of aromatic nitrogens is 2. The Balaban J connectivity index is 2.08. The quantitative estimate of drug-likeness (QED) is 0.806. The Labute approximate surface area is 112 Å². The molecule has 0 bridgehead atoms. The zero-order valence-electron chi connectivity index (χ0n) is 10.5. The summed E-state index contributed by atoms with van der Waals surface area (Å²) in [7, 11) is 0. The van der Waals surface area contributed by atoms with Crippen molar-refractivity contribution in [2.75, 3.05) is 5.32 Å². The molecule has 98 valence electrons. The standard InChI is InChI=1S/C13H18ClN3O/c1-3-5-9-7-10(9)16-11-8-15-17(6-4-2)13(18)12(11)14/h4,8-10,16H,2-3,5-7H2,1H3. The monoisotopic (exact) mass is 267 g/mol. The molecule has 1 N–H and O–H groups in total. The summed E-state index contributed by atoms with van der Waals surface area (Å²) in [5, 5.41) is 7.58. The van der Waals surface area contributed by atoms with E-state index in [1.54, 1.807) is 12.3 Å². The second kappa shape index (κ2) is 5.57. The number of nitrogens with zero attached hydrogens (tertiary/aromatic N) is 2. The molecule has 1 aromatic rings. The van der Waals surface area contributed by atoms with E-state index in [9.17, 15) is 4.79 Å². The van der Waals surface area contributed by atoms with Crippen molar-refractivity contribution in [1.82, 2.24) is 9.78 Å². The molecule has 1 heterocycles. The maximum atomic E-state index is 11.9. The van der Waals surface area contributed by atoms with Crippen LogP contribution in [-0.4, -0.2) is 15.8 Å². The first-order chi connectivity index (χ1) is 8.67. The van der Waals surface area contributed by atoms with Gasteiger partial charge in [0.15, 0.2) is 0 Å². The van der Waals surface area contributed by atoms with Crippen LogP contribution in [0.1, 0.15) is 26.2 Å². The van der Waals surface area contributed by atoms with Crippen LogP contribution in [0.5, 0.6) is 0 Å². The van der Waals surface area contributed by atoms with Gasteiger partial charge in [0.25, 0.3) is 5.56 Å². The fraction of sp³-hybridized carbons (Fsp3) is 0.538. The molecule has 1 aliphatic carbocycles. The number of hydrogen-bond acceptors (Lipinski definition) is 3. The second-order valence-electron chi connectivity index (χ2n) is 4.68. The van der Waals surface area contributed by atoms with E-state index in [2.05, 4.69) is 23.9 Å². The van der Waals surface area contributed by atoms with Crippen LogP contribution in [0.15, 0.2) is 23.6 Å². The number of nitrogens with one attached hydrogen (secondary N) is 1. The molecule has 18 heavy (non-hydrogen) atoms. The van der Waals surface area contributed by atoms with Crippen molar-refractivity contribution < 1.29 is 0 Å². The Morgan fingerprint density at radius 3 is 3.17 bits per heavy atom. The molecule has 0 spiro atoms. The fourth-order valence-corrected chi connectivity index (χ4v) is 2.33. The molecular formula is C13H18ClN3O. The fourth-order valence-electron chi connectivity index (χ4n) is 2.13. The Hall–Kier alpha value is -1.29. The summed E-state index contributed by atoms with van der Waals surface area (Å²) in [6, 6.07) is 0.443. The van der Waals surface area contributed by atoms with Crippen LogP contribution < -0.4 is 10.9 Å². The van der Waals surface area contributed by atoms with Crippen LogP contribution in [-0.2, 0) is 6.54 Å². The third-order valence-electron chi connectivity index (χ3n) is 3.21. The first-order valence-electron chi connectivity index (χ1n) is 6.30. The number of halogens is 1. The normalized spacial score (nSPS) is 21.7. The van der Waals surface area contributed by atoms with Gasteiger partial charge in [0, 0.05) is 6.04 Å². The minimum atomic E-state index is -0.269. The molecular weight excluding hydrogens is 250 g/mol. The predicted octanol–water partition coefficient (Wildman–Crippen LogP) is 2.68. The summed E-state index contributed by atoms with van der Waals surface area (Å²) in [6.45, 7) is 6.14. The minimum Gasteiger partial charge on any atom is -0.379 e. The van der Waals surface area contributed by atoms with Crippen LogP contribution in [0, 0.1) is 5.92 Å². The third-order valence-corrected chi connectivity index (χ3v) is 3.58. The summed E-state index contributed by atoms with van der Waals surface area (Å²) < 4.78 is 1.30. The van der Waals surface area contributed by atoms with E-state index in [1.165, 1.54) is 17.5 Å². The number of hydrogen-bond donors (Lipinski definition) is 1. The van der Waals surface area contributed by atoms with Gasteiger partial charge in [0.1, 0.15) is 5.02 Å². The summed E-state index contributed by atoms with van der Waals surface area (Å²) >= 11 is 6.06. The lowest BCUT2D eigenvalue weighted by Gasteiger charge is -2.09. The van der Waals surface area contributed by atoms with Gasteiger partial charge in [-0.25, -0.2) is 4.68 Å². The molecule has 2 rings (SSSR count). The van der Waals surface area contributed by atoms with Crippen LogP contribution in [0.2, 0.25) is 5.02 Å². The van der Waals surface area contributed by atoms with Crippen molar-refractivity contribution >= 4 is 17.3 Å². The molecule has 1 saturated carbocycles. The Morgan fingerprint density at radius 1 is 1.72 bits per heavy atom. The molecule has 0 aliphatic heterocycles. The molecule has 0 aromatic carbocycles. The molecule has 2 atom stereocenters. The minimum absolute atomic E-state index is 0.217. The molecule has 1 fully saturated rings. The first-order valence-corrected chi connectivity index (χ1v) is 6.68. The van der Waals surface area contributed by atoms with Crippen molar-refractivity contribution in [3.8, 4) is 0 Å². The average molecular weight is 268 g/mol. The van der Waals surface area contributed by atoms with Crippen molar-refractivity contribution in [2.24, 2.45) is 5.92 Å². The maximum Gasteiger partial charge on any atom is 0.287 e. The van der Waals surface area contributed by atoms with Gasteiger partial charge in [-0.2, -0.15) is 5.10 Å². The lowest BCUT2D eigenvalue weighted by atomic mass is 10.2. The van der Waals surface area contributed by atoms with Crippen LogP contribution >= 0.6 is 11.6 Å². The molecule has 0 amide bonds. The molecule has 0 radical (unpaired) electrons. The molecule has 4 nitrogen and oxygen atoms in total. The molecule has 5 heteroatoms. The first kappa shape index (κ1) is 13.1. The highest BCUT2D eigenvalue weighted by atomic mass is 35.5. The highest BCUT2D eigenvalue weighted by Gasteiger charge is 2.36. The SMILES string of the molecule is C=CCn1ncc(NC2CC2CCC)c(Cl)c1=O. The van der Waals surface area contributed by atoms with Gasteiger partial charge in [-0.3, -0.25) is 4.79 Å². The van der Waals surface area contributed by atoms with Crippen molar-refractivity contribution in [1.29, 1.82) is 0 Å². The largest absolute Gasteiger partial charge is 0.379 e. The lowest BCUT2D eigenvalue weighted by Crippen LogP contribution is -2.24. The van der Waals surface area contributed by atoms with E-state index in [-0.39, 0.29) is 10.6 Å². The van der Waals surface area contributed by atoms with E-state index >= 15 is 0 Å². The van der Waals surface area contributed by atoms with E-state index in [0.717, 1.165) is 6.42 Å². The molecule has 2 unspecified atom stereocenters. The lowest BCUT2D eigenvalue weighted by molar-refractivity contribution is 0.651. The summed E-state index contributed by atoms with van der Waals surface area (Å²) in [6.07, 6.45) is 6.80. The number of anilines is 1. The van der Waals surface area contributed by atoms with Gasteiger partial charge in [0.2, 0.25) is 0 Å². The van der Waals surface area contributed by atoms with Crippen LogP contribution in [0.25, 0.3) is 0 Å². The maximum absolute atomic E-state index is 11.9. The van der Waals surface area contributed by atoms with E-state index in [4.69, 9.17) is 11.6 Å². The second-order valence-corrected chi connectivity index (χ2v) is 5.06. The number of allylic oxidation sites excluding steroid dienone is 1. The van der Waals surface area contributed by atoms with Crippen molar-refractivity contribution in [3.05, 3.63) is 34.2 Å². The zero-order chi connectivity index (χ0) is 13.1. The summed E-state index contributed by atoms with van der Waals surface area (Å²) in [5.41, 5.74) is 0.375. The van der Waals surface area contributed by atoms with E-state index in [0.29, 0.717) is 24.2 Å². The Kier molecular flexibility index (Phi) is 4.07. The van der Waals surface area contributed by atoms with E-state index < -0.39 is 0 Å². The highest BCUT2D eigenvalue weighted by molar-refractivity contribution is 6.32. The van der Waals surface area contributed by atoms with Gasteiger partial charge < -0.3 is 5.32 Å². The Bertz CT molecular complexity index is 497. The van der Waals surface area contributed by atoms with Gasteiger partial charge in [0.05, 0.1) is 18.4 Å². The zero-order valence-corrected chi connectivity index (χ0v) is 11.3. The predicted molar refractivity (Wildman–Crippen MR) is 74.1 cm³/mol. The van der Waals surface area contributed by atoms with Gasteiger partial charge in [-0.05, 0) is 18.8 Å². The van der Waals surface area contributed by atoms with Gasteiger partial charge >= 0.3 is 0 Å². The molecule has 0 saturated heterocycles. The summed E-state index contributed by atoms with van der Waals surface area (Å²) in [4.78, 5) is 11.9. The van der Waals surface area contributed by atoms with E-state index in [1.807, 2.05) is 0 Å². The highest BCUT2D eigenvalue weighted by Crippen LogP contribution is 2.37. The summed E-state index contributed by atoms with van der Waals surface area (Å²) in [5.74, 6) is 0.710. The Morgan fingerprint density at radius 2 is 2.50 bits per heavy atom. The van der Waals surface area contributed by atoms with Crippen molar-refractivity contribution in [3.63, 3.8) is 0 Å². The van der Waals surface area contributed by atoms with Gasteiger partial charge in [-0.1, -0.05) is 31.0 Å². The number of rotatable bonds is 6. The van der Waals surface area contributed by atoms with Crippen LogP contribution in [0.3, 0.4) is 0 Å². The van der Waals surface area contributed by atoms with Crippen LogP contribution in [0.4, 0.5) is 5.69 Å². The smallest absolute Gasteiger partial charge is 0.287 e.